The Kier molecular flexibility index (Phi) is 5.86. The molecule has 0 amide bonds. The van der Waals surface area contributed by atoms with Gasteiger partial charge in [0.1, 0.15) is 17.5 Å². The minimum atomic E-state index is -0.891. The van der Waals surface area contributed by atoms with Gasteiger partial charge >= 0.3 is 0 Å². The molecule has 0 saturated carbocycles. The third kappa shape index (κ3) is 3.46. The molecule has 3 rings (SSSR count). The first-order valence-electron chi connectivity index (χ1n) is 6.78. The first-order valence-corrected chi connectivity index (χ1v) is 7.72. The van der Waals surface area contributed by atoms with E-state index in [1.165, 1.54) is 11.3 Å². The van der Waals surface area contributed by atoms with Crippen molar-refractivity contribution in [3.05, 3.63) is 57.5 Å². The lowest BCUT2D eigenvalue weighted by Crippen LogP contribution is -2.45. The van der Waals surface area contributed by atoms with Crippen molar-refractivity contribution >= 4 is 23.7 Å². The molecule has 1 aromatic carbocycles. The minimum Gasteiger partial charge on any atom is -0.314 e. The van der Waals surface area contributed by atoms with E-state index in [9.17, 15) is 13.2 Å². The Bertz CT molecular complexity index is 592. The zero-order valence-corrected chi connectivity index (χ0v) is 13.3. The molecule has 1 saturated heterocycles. The van der Waals surface area contributed by atoms with E-state index in [2.05, 4.69) is 5.32 Å². The number of hydrogen-bond acceptors (Lipinski definition) is 3. The van der Waals surface area contributed by atoms with Crippen molar-refractivity contribution in [3.63, 3.8) is 0 Å². The molecule has 120 valence electrons. The van der Waals surface area contributed by atoms with Crippen molar-refractivity contribution in [3.8, 4) is 0 Å². The average molecular weight is 349 g/mol. The average Bonchev–Trinajstić information content (AvgIpc) is 2.97. The molecule has 2 aromatic rings. The summed E-state index contributed by atoms with van der Waals surface area (Å²) < 4.78 is 41.5. The van der Waals surface area contributed by atoms with Gasteiger partial charge in [0.25, 0.3) is 0 Å². The Hall–Kier alpha value is -1.08. The quantitative estimate of drug-likeness (QED) is 0.912. The van der Waals surface area contributed by atoms with Crippen LogP contribution in [0.15, 0.2) is 29.0 Å². The van der Waals surface area contributed by atoms with Crippen molar-refractivity contribution in [2.75, 3.05) is 26.2 Å². The number of nitrogens with zero attached hydrogens (tertiary/aromatic N) is 1. The van der Waals surface area contributed by atoms with E-state index in [1.807, 2.05) is 21.7 Å². The summed E-state index contributed by atoms with van der Waals surface area (Å²) in [4.78, 5) is 2.03. The summed E-state index contributed by atoms with van der Waals surface area (Å²) in [6.45, 7) is 2.92. The molecule has 1 aromatic heterocycles. The van der Waals surface area contributed by atoms with E-state index in [-0.39, 0.29) is 18.0 Å². The molecule has 0 unspecified atom stereocenters. The van der Waals surface area contributed by atoms with E-state index in [0.717, 1.165) is 30.8 Å². The van der Waals surface area contributed by atoms with Crippen molar-refractivity contribution in [1.82, 2.24) is 10.2 Å². The Morgan fingerprint density at radius 3 is 2.27 bits per heavy atom. The number of nitrogens with one attached hydrogen (secondary N) is 1. The highest BCUT2D eigenvalue weighted by atomic mass is 35.5. The lowest BCUT2D eigenvalue weighted by atomic mass is 9.97. The highest BCUT2D eigenvalue weighted by molar-refractivity contribution is 7.08. The first kappa shape index (κ1) is 17.3. The van der Waals surface area contributed by atoms with Gasteiger partial charge in [0.05, 0.1) is 6.04 Å². The number of halogens is 4. The molecule has 1 N–H and O–H groups in total. The first-order chi connectivity index (χ1) is 10.2. The molecule has 0 aliphatic carbocycles. The Labute approximate surface area is 137 Å². The van der Waals surface area contributed by atoms with Gasteiger partial charge in [-0.3, -0.25) is 4.90 Å². The van der Waals surface area contributed by atoms with Crippen LogP contribution in [0.4, 0.5) is 13.2 Å². The number of hydrogen-bond donors (Lipinski definition) is 1. The van der Waals surface area contributed by atoms with Crippen molar-refractivity contribution in [2.45, 2.75) is 6.04 Å². The predicted molar refractivity (Wildman–Crippen MR) is 84.2 cm³/mol. The second-order valence-corrected chi connectivity index (χ2v) is 5.81. The smallest absolute Gasteiger partial charge is 0.134 e. The molecule has 22 heavy (non-hydrogen) atoms. The van der Waals surface area contributed by atoms with Crippen LogP contribution in [0.1, 0.15) is 17.2 Å². The molecule has 1 atom stereocenters. The van der Waals surface area contributed by atoms with Gasteiger partial charge in [0.15, 0.2) is 0 Å². The summed E-state index contributed by atoms with van der Waals surface area (Å²) in [5.41, 5.74) is 0.767. The van der Waals surface area contributed by atoms with E-state index >= 15 is 0 Å². The normalized spacial score (nSPS) is 17.0. The summed E-state index contributed by atoms with van der Waals surface area (Å²) in [5.74, 6) is -2.55. The van der Waals surface area contributed by atoms with Crippen LogP contribution in [0.3, 0.4) is 0 Å². The van der Waals surface area contributed by atoms with Gasteiger partial charge in [-0.1, -0.05) is 0 Å². The van der Waals surface area contributed by atoms with Gasteiger partial charge in [-0.05, 0) is 22.4 Å². The van der Waals surface area contributed by atoms with Gasteiger partial charge < -0.3 is 5.32 Å². The van der Waals surface area contributed by atoms with Crippen molar-refractivity contribution in [2.24, 2.45) is 0 Å². The fourth-order valence-electron chi connectivity index (χ4n) is 2.75. The predicted octanol–water partition coefficient (Wildman–Crippen LogP) is 3.58. The second kappa shape index (κ2) is 7.46. The molecule has 0 spiro atoms. The number of piperazine rings is 1. The van der Waals surface area contributed by atoms with Crippen LogP contribution in [-0.4, -0.2) is 31.1 Å². The molecular formula is C15H16ClF3N2S. The Morgan fingerprint density at radius 2 is 1.73 bits per heavy atom. The van der Waals surface area contributed by atoms with Crippen LogP contribution in [0.2, 0.25) is 0 Å². The lowest BCUT2D eigenvalue weighted by molar-refractivity contribution is 0.192. The number of thiophene rings is 1. The van der Waals surface area contributed by atoms with Gasteiger partial charge in [-0.15, -0.1) is 12.4 Å². The van der Waals surface area contributed by atoms with Crippen molar-refractivity contribution in [1.29, 1.82) is 0 Å². The molecular weight excluding hydrogens is 333 g/mol. The van der Waals surface area contributed by atoms with E-state index in [1.54, 1.807) is 0 Å². The summed E-state index contributed by atoms with van der Waals surface area (Å²) in [5, 5.41) is 6.98. The van der Waals surface area contributed by atoms with Gasteiger partial charge in [0, 0.05) is 43.9 Å². The molecule has 0 bridgehead atoms. The van der Waals surface area contributed by atoms with Crippen LogP contribution in [0, 0.1) is 17.5 Å². The molecule has 1 aliphatic heterocycles. The molecule has 0 radical (unpaired) electrons. The van der Waals surface area contributed by atoms with Gasteiger partial charge in [0.2, 0.25) is 0 Å². The molecule has 7 heteroatoms. The van der Waals surface area contributed by atoms with Gasteiger partial charge in [-0.25, -0.2) is 13.2 Å². The lowest BCUT2D eigenvalue weighted by Gasteiger charge is -2.35. The fourth-order valence-corrected chi connectivity index (χ4v) is 3.42. The summed E-state index contributed by atoms with van der Waals surface area (Å²) in [6.07, 6.45) is 0. The third-order valence-corrected chi connectivity index (χ3v) is 4.39. The molecule has 2 heterocycles. The van der Waals surface area contributed by atoms with E-state index in [4.69, 9.17) is 0 Å². The SMILES string of the molecule is Cl.Fc1cc(F)c([C@@H](c2ccsc2)N2CCNCC2)c(F)c1. The Balaban J connectivity index is 0.00000176. The van der Waals surface area contributed by atoms with E-state index in [0.29, 0.717) is 13.1 Å². The fraction of sp³-hybridized carbons (Fsp3) is 0.333. The number of benzene rings is 1. The van der Waals surface area contributed by atoms with Crippen molar-refractivity contribution < 1.29 is 13.2 Å². The van der Waals surface area contributed by atoms with Crippen LogP contribution >= 0.6 is 23.7 Å². The maximum atomic E-state index is 14.2. The standard InChI is InChI=1S/C15H15F3N2S.ClH/c16-11-7-12(17)14(13(18)8-11)15(10-1-6-21-9-10)20-4-2-19-3-5-20;/h1,6-9,15,19H,2-5H2;1H/t15-;/m1./s1. The maximum Gasteiger partial charge on any atom is 0.134 e. The van der Waals surface area contributed by atoms with Crippen LogP contribution in [0.25, 0.3) is 0 Å². The highest BCUT2D eigenvalue weighted by Crippen LogP contribution is 2.34. The topological polar surface area (TPSA) is 15.3 Å². The van der Waals surface area contributed by atoms with Crippen LogP contribution in [-0.2, 0) is 0 Å². The molecule has 2 nitrogen and oxygen atoms in total. The Morgan fingerprint density at radius 1 is 1.09 bits per heavy atom. The minimum absolute atomic E-state index is 0. The zero-order chi connectivity index (χ0) is 14.8. The van der Waals surface area contributed by atoms with E-state index < -0.39 is 23.5 Å². The third-order valence-electron chi connectivity index (χ3n) is 3.69. The maximum absolute atomic E-state index is 14.2. The molecule has 1 fully saturated rings. The van der Waals surface area contributed by atoms with Crippen LogP contribution < -0.4 is 5.32 Å². The summed E-state index contributed by atoms with van der Waals surface area (Å²) in [7, 11) is 0. The highest BCUT2D eigenvalue weighted by Gasteiger charge is 2.29. The van der Waals surface area contributed by atoms with Gasteiger partial charge in [-0.2, -0.15) is 11.3 Å². The molecule has 1 aliphatic rings. The number of rotatable bonds is 3. The summed E-state index contributed by atoms with van der Waals surface area (Å²) >= 11 is 1.48. The second-order valence-electron chi connectivity index (χ2n) is 5.03. The zero-order valence-electron chi connectivity index (χ0n) is 11.7. The monoisotopic (exact) mass is 348 g/mol. The summed E-state index contributed by atoms with van der Waals surface area (Å²) in [6, 6.07) is 2.85. The largest absolute Gasteiger partial charge is 0.314 e. The van der Waals surface area contributed by atoms with Crippen LogP contribution in [0.5, 0.6) is 0 Å².